The fourth-order valence-corrected chi connectivity index (χ4v) is 2.19. The maximum absolute atomic E-state index is 12.0. The smallest absolute Gasteiger partial charge is 0.276 e. The Morgan fingerprint density at radius 3 is 2.43 bits per heavy atom. The summed E-state index contributed by atoms with van der Waals surface area (Å²) in [4.78, 5) is 35.5. The van der Waals surface area contributed by atoms with Gasteiger partial charge in [0.1, 0.15) is 11.8 Å². The van der Waals surface area contributed by atoms with Crippen molar-refractivity contribution in [3.8, 4) is 11.8 Å². The zero-order chi connectivity index (χ0) is 20.5. The van der Waals surface area contributed by atoms with E-state index in [4.69, 9.17) is 10.00 Å². The second-order valence-corrected chi connectivity index (χ2v) is 5.97. The molecule has 8 nitrogen and oxygen atoms in total. The van der Waals surface area contributed by atoms with E-state index in [9.17, 15) is 14.4 Å². The molecule has 0 aliphatic rings. The van der Waals surface area contributed by atoms with Gasteiger partial charge in [-0.05, 0) is 49.2 Å². The van der Waals surface area contributed by atoms with Crippen molar-refractivity contribution < 1.29 is 19.1 Å². The minimum absolute atomic E-state index is 0.270. The van der Waals surface area contributed by atoms with Crippen LogP contribution in [0.2, 0.25) is 0 Å². The zero-order valence-electron chi connectivity index (χ0n) is 15.5. The zero-order valence-corrected chi connectivity index (χ0v) is 15.5. The van der Waals surface area contributed by atoms with Gasteiger partial charge in [0.2, 0.25) is 0 Å². The Morgan fingerprint density at radius 2 is 1.71 bits per heavy atom. The Bertz CT molecular complexity index is 934. The summed E-state index contributed by atoms with van der Waals surface area (Å²) in [5, 5.41) is 11.4. The second kappa shape index (κ2) is 9.73. The standard InChI is InChI=1S/C20H20N4O4/c1-13-7-8-15(9-14(13)2)20(27)22-11-18(25)23-24-19(26)12-28-17-6-4-3-5-16(17)10-21/h3-9H,11-12H2,1-2H3,(H,22,27)(H,23,25)(H,24,26). The summed E-state index contributed by atoms with van der Waals surface area (Å²) in [7, 11) is 0. The highest BCUT2D eigenvalue weighted by Crippen LogP contribution is 2.16. The molecule has 3 amide bonds. The van der Waals surface area contributed by atoms with Gasteiger partial charge < -0.3 is 10.1 Å². The normalized spacial score (nSPS) is 9.75. The Kier molecular flexibility index (Phi) is 7.11. The number of hydrazine groups is 1. The van der Waals surface area contributed by atoms with Crippen molar-refractivity contribution in [3.63, 3.8) is 0 Å². The van der Waals surface area contributed by atoms with Crippen LogP contribution >= 0.6 is 0 Å². The molecule has 0 heterocycles. The number of benzene rings is 2. The molecule has 0 saturated heterocycles. The Labute approximate surface area is 162 Å². The van der Waals surface area contributed by atoms with Crippen LogP contribution in [0.3, 0.4) is 0 Å². The lowest BCUT2D eigenvalue weighted by molar-refractivity contribution is -0.129. The molecular formula is C20H20N4O4. The van der Waals surface area contributed by atoms with Gasteiger partial charge in [0.25, 0.3) is 17.7 Å². The van der Waals surface area contributed by atoms with Gasteiger partial charge >= 0.3 is 0 Å². The van der Waals surface area contributed by atoms with Crippen molar-refractivity contribution in [3.05, 3.63) is 64.7 Å². The van der Waals surface area contributed by atoms with Crippen LogP contribution in [0.5, 0.6) is 5.75 Å². The van der Waals surface area contributed by atoms with Crippen LogP contribution in [0.25, 0.3) is 0 Å². The molecule has 3 N–H and O–H groups in total. The lowest BCUT2D eigenvalue weighted by atomic mass is 10.1. The molecule has 0 aliphatic heterocycles. The van der Waals surface area contributed by atoms with Crippen LogP contribution in [-0.2, 0) is 9.59 Å². The number of aryl methyl sites for hydroxylation is 2. The molecule has 144 valence electrons. The summed E-state index contributed by atoms with van der Waals surface area (Å²) in [6.45, 7) is 3.15. The van der Waals surface area contributed by atoms with E-state index >= 15 is 0 Å². The topological polar surface area (TPSA) is 120 Å². The first-order chi connectivity index (χ1) is 13.4. The average Bonchev–Trinajstić information content (AvgIpc) is 2.71. The first kappa shape index (κ1) is 20.5. The molecule has 0 unspecified atom stereocenters. The first-order valence-electron chi connectivity index (χ1n) is 8.45. The molecule has 2 aromatic rings. The average molecular weight is 380 g/mol. The molecule has 2 rings (SSSR count). The van der Waals surface area contributed by atoms with Crippen molar-refractivity contribution in [2.45, 2.75) is 13.8 Å². The van der Waals surface area contributed by atoms with Gasteiger partial charge in [-0.1, -0.05) is 18.2 Å². The molecule has 2 aromatic carbocycles. The number of hydrogen-bond acceptors (Lipinski definition) is 5. The molecule has 0 spiro atoms. The molecule has 8 heteroatoms. The summed E-state index contributed by atoms with van der Waals surface area (Å²) in [5.74, 6) is -1.32. The van der Waals surface area contributed by atoms with Gasteiger partial charge in [0.15, 0.2) is 6.61 Å². The maximum Gasteiger partial charge on any atom is 0.276 e. The van der Waals surface area contributed by atoms with Gasteiger partial charge in [0.05, 0.1) is 12.1 Å². The number of hydrogen-bond donors (Lipinski definition) is 3. The van der Waals surface area contributed by atoms with Crippen molar-refractivity contribution in [1.82, 2.24) is 16.2 Å². The lowest BCUT2D eigenvalue weighted by Gasteiger charge is -2.10. The number of carbonyl (C=O) groups is 3. The van der Waals surface area contributed by atoms with Gasteiger partial charge in [-0.2, -0.15) is 5.26 Å². The van der Waals surface area contributed by atoms with Crippen LogP contribution < -0.4 is 20.9 Å². The van der Waals surface area contributed by atoms with E-state index in [1.54, 1.807) is 36.4 Å². The molecule has 0 radical (unpaired) electrons. The summed E-state index contributed by atoms with van der Waals surface area (Å²) in [6, 6.07) is 13.7. The molecule has 0 atom stereocenters. The van der Waals surface area contributed by atoms with Crippen molar-refractivity contribution in [1.29, 1.82) is 5.26 Å². The van der Waals surface area contributed by atoms with E-state index in [1.165, 1.54) is 0 Å². The van der Waals surface area contributed by atoms with E-state index in [2.05, 4.69) is 16.2 Å². The number of nitrogens with one attached hydrogen (secondary N) is 3. The minimum atomic E-state index is -0.610. The monoisotopic (exact) mass is 380 g/mol. The Morgan fingerprint density at radius 1 is 1.00 bits per heavy atom. The van der Waals surface area contributed by atoms with Crippen LogP contribution in [0.1, 0.15) is 27.0 Å². The highest BCUT2D eigenvalue weighted by molar-refractivity contribution is 5.96. The fraction of sp³-hybridized carbons (Fsp3) is 0.200. The summed E-state index contributed by atoms with van der Waals surface area (Å²) in [6.07, 6.45) is 0. The van der Waals surface area contributed by atoms with E-state index in [0.717, 1.165) is 11.1 Å². The van der Waals surface area contributed by atoms with Gasteiger partial charge in [0, 0.05) is 5.56 Å². The van der Waals surface area contributed by atoms with Crippen molar-refractivity contribution >= 4 is 17.7 Å². The van der Waals surface area contributed by atoms with E-state index in [1.807, 2.05) is 26.0 Å². The largest absolute Gasteiger partial charge is 0.482 e. The van der Waals surface area contributed by atoms with Crippen LogP contribution in [0, 0.1) is 25.2 Å². The lowest BCUT2D eigenvalue weighted by Crippen LogP contribution is -2.47. The molecule has 0 bridgehead atoms. The second-order valence-electron chi connectivity index (χ2n) is 5.97. The highest BCUT2D eigenvalue weighted by Gasteiger charge is 2.10. The van der Waals surface area contributed by atoms with E-state index in [0.29, 0.717) is 11.1 Å². The van der Waals surface area contributed by atoms with Gasteiger partial charge in [-0.3, -0.25) is 25.2 Å². The molecule has 0 aromatic heterocycles. The molecule has 0 fully saturated rings. The number of carbonyl (C=O) groups excluding carboxylic acids is 3. The predicted molar refractivity (Wildman–Crippen MR) is 101 cm³/mol. The number of rotatable bonds is 6. The SMILES string of the molecule is Cc1ccc(C(=O)NCC(=O)NNC(=O)COc2ccccc2C#N)cc1C. The summed E-state index contributed by atoms with van der Waals surface area (Å²) < 4.78 is 5.24. The summed E-state index contributed by atoms with van der Waals surface area (Å²) in [5.41, 5.74) is 7.14. The van der Waals surface area contributed by atoms with E-state index in [-0.39, 0.29) is 24.8 Å². The third-order valence-corrected chi connectivity index (χ3v) is 3.89. The third-order valence-electron chi connectivity index (χ3n) is 3.89. The fourth-order valence-electron chi connectivity index (χ4n) is 2.19. The van der Waals surface area contributed by atoms with Crippen molar-refractivity contribution in [2.24, 2.45) is 0 Å². The summed E-state index contributed by atoms with van der Waals surface area (Å²) >= 11 is 0. The molecule has 0 aliphatic carbocycles. The number of nitrogens with zero attached hydrogens (tertiary/aromatic N) is 1. The highest BCUT2D eigenvalue weighted by atomic mass is 16.5. The Balaban J connectivity index is 1.73. The number of nitriles is 1. The molecule has 0 saturated carbocycles. The molecular weight excluding hydrogens is 360 g/mol. The minimum Gasteiger partial charge on any atom is -0.482 e. The van der Waals surface area contributed by atoms with Crippen LogP contribution in [0.4, 0.5) is 0 Å². The van der Waals surface area contributed by atoms with Gasteiger partial charge in [-0.25, -0.2) is 0 Å². The number of para-hydroxylation sites is 1. The third kappa shape index (κ3) is 5.85. The first-order valence-corrected chi connectivity index (χ1v) is 8.45. The quantitative estimate of drug-likeness (QED) is 0.649. The Hall–Kier alpha value is -3.86. The number of ether oxygens (including phenoxy) is 1. The maximum atomic E-state index is 12.0. The van der Waals surface area contributed by atoms with Gasteiger partial charge in [-0.15, -0.1) is 0 Å². The van der Waals surface area contributed by atoms with Crippen LogP contribution in [-0.4, -0.2) is 30.9 Å². The van der Waals surface area contributed by atoms with E-state index < -0.39 is 11.8 Å². The van der Waals surface area contributed by atoms with Crippen molar-refractivity contribution in [2.75, 3.05) is 13.2 Å². The van der Waals surface area contributed by atoms with Crippen LogP contribution in [0.15, 0.2) is 42.5 Å². The predicted octanol–water partition coefficient (Wildman–Crippen LogP) is 1.13. The number of amides is 3. The molecule has 28 heavy (non-hydrogen) atoms.